The number of sulfonamides is 1. The number of anilines is 1. The largest absolute Gasteiger partial charge is 0.354 e. The Balaban J connectivity index is 1.58. The van der Waals surface area contributed by atoms with Crippen LogP contribution in [-0.4, -0.2) is 60.8 Å². The maximum absolute atomic E-state index is 11.7. The van der Waals surface area contributed by atoms with E-state index in [9.17, 15) is 8.42 Å². The number of aromatic nitrogens is 2. The molecule has 1 saturated heterocycles. The fraction of sp³-hybridized carbons (Fsp3) is 0.381. The van der Waals surface area contributed by atoms with Crippen LogP contribution in [0.15, 0.2) is 41.2 Å². The third kappa shape index (κ3) is 4.23. The Hall–Kier alpha value is -2.58. The third-order valence-electron chi connectivity index (χ3n) is 5.18. The third-order valence-corrected chi connectivity index (χ3v) is 6.48. The Morgan fingerprint density at radius 2 is 1.83 bits per heavy atom. The van der Waals surface area contributed by atoms with Gasteiger partial charge in [0.1, 0.15) is 12.1 Å². The molecule has 1 fully saturated rings. The minimum absolute atomic E-state index is 0.466. The highest BCUT2D eigenvalue weighted by Crippen LogP contribution is 2.26. The van der Waals surface area contributed by atoms with Crippen molar-refractivity contribution in [3.63, 3.8) is 0 Å². The highest BCUT2D eigenvalue weighted by molar-refractivity contribution is 7.88. The molecule has 0 atom stereocenters. The maximum Gasteiger partial charge on any atom is 0.211 e. The van der Waals surface area contributed by atoms with Gasteiger partial charge in [-0.15, -0.1) is 0 Å². The number of aliphatic imine (C=N–C) groups is 1. The van der Waals surface area contributed by atoms with Crippen molar-refractivity contribution < 1.29 is 8.42 Å². The molecule has 1 aromatic carbocycles. The van der Waals surface area contributed by atoms with Crippen molar-refractivity contribution in [2.75, 3.05) is 37.3 Å². The molecule has 0 radical (unpaired) electrons. The number of fused-ring (bicyclic) bond motifs is 1. The second-order valence-electron chi connectivity index (χ2n) is 7.71. The number of hydrogen-bond donors (Lipinski definition) is 0. The van der Waals surface area contributed by atoms with E-state index in [0.29, 0.717) is 32.7 Å². The van der Waals surface area contributed by atoms with Gasteiger partial charge in [-0.25, -0.2) is 18.4 Å². The van der Waals surface area contributed by atoms with Crippen LogP contribution in [0.4, 0.5) is 5.82 Å². The Kier molecular flexibility index (Phi) is 5.23. The van der Waals surface area contributed by atoms with Gasteiger partial charge in [-0.05, 0) is 31.0 Å². The van der Waals surface area contributed by atoms with Crippen molar-refractivity contribution in [2.24, 2.45) is 4.99 Å². The molecule has 8 heteroatoms. The van der Waals surface area contributed by atoms with E-state index in [-0.39, 0.29) is 0 Å². The lowest BCUT2D eigenvalue weighted by Crippen LogP contribution is -2.48. The zero-order valence-corrected chi connectivity index (χ0v) is 17.8. The lowest BCUT2D eigenvalue weighted by Gasteiger charge is -2.34. The molecule has 1 aromatic heterocycles. The number of piperazine rings is 1. The monoisotopic (exact) mass is 411 g/mol. The van der Waals surface area contributed by atoms with Crippen LogP contribution in [-0.2, 0) is 16.6 Å². The maximum atomic E-state index is 11.7. The topological polar surface area (TPSA) is 78.8 Å². The molecule has 7 nitrogen and oxygen atoms in total. The van der Waals surface area contributed by atoms with Gasteiger partial charge in [0.25, 0.3) is 0 Å². The van der Waals surface area contributed by atoms with E-state index in [1.54, 1.807) is 6.33 Å². The molecule has 29 heavy (non-hydrogen) atoms. The van der Waals surface area contributed by atoms with Gasteiger partial charge in [-0.3, -0.25) is 4.99 Å². The lowest BCUT2D eigenvalue weighted by atomic mass is 9.99. The van der Waals surface area contributed by atoms with E-state index in [1.807, 2.05) is 6.07 Å². The summed E-state index contributed by atoms with van der Waals surface area (Å²) in [4.78, 5) is 15.7. The standard InChI is InChI=1S/C21H25N5O2S/c1-15(2)10-16-4-5-17-13-22-21(18(17)11-16)19-12-20(24-14-23-19)25-6-8-26(9-7-25)29(3,27)28/h4-5,10-12,14H,6-9,13H2,1-3H3. The van der Waals surface area contributed by atoms with Gasteiger partial charge in [0, 0.05) is 37.8 Å². The van der Waals surface area contributed by atoms with Crippen molar-refractivity contribution >= 4 is 27.6 Å². The van der Waals surface area contributed by atoms with Crippen molar-refractivity contribution in [3.8, 4) is 0 Å². The molecule has 0 unspecified atom stereocenters. The number of allylic oxidation sites excluding steroid dienone is 1. The second-order valence-corrected chi connectivity index (χ2v) is 9.70. The van der Waals surface area contributed by atoms with Crippen molar-refractivity contribution in [3.05, 3.63) is 58.6 Å². The van der Waals surface area contributed by atoms with Crippen molar-refractivity contribution in [1.82, 2.24) is 14.3 Å². The highest BCUT2D eigenvalue weighted by atomic mass is 32.2. The van der Waals surface area contributed by atoms with Gasteiger partial charge in [-0.2, -0.15) is 4.31 Å². The number of hydrogen-bond acceptors (Lipinski definition) is 6. The van der Waals surface area contributed by atoms with Crippen LogP contribution in [0.3, 0.4) is 0 Å². The Bertz CT molecular complexity index is 1100. The molecule has 2 aliphatic heterocycles. The average molecular weight is 412 g/mol. The average Bonchev–Trinajstić information content (AvgIpc) is 3.10. The summed E-state index contributed by atoms with van der Waals surface area (Å²) >= 11 is 0. The van der Waals surface area contributed by atoms with Crippen LogP contribution in [0, 0.1) is 0 Å². The molecule has 0 bridgehead atoms. The molecule has 152 valence electrons. The SMILES string of the molecule is CC(C)=Cc1ccc2c(c1)C(c1cc(N3CCN(S(C)(=O)=O)CC3)ncn1)=NC2. The van der Waals surface area contributed by atoms with Gasteiger partial charge in [0.15, 0.2) is 0 Å². The zero-order valence-electron chi connectivity index (χ0n) is 17.0. The summed E-state index contributed by atoms with van der Waals surface area (Å²) in [6.07, 6.45) is 4.97. The first-order valence-corrected chi connectivity index (χ1v) is 11.5. The van der Waals surface area contributed by atoms with Gasteiger partial charge < -0.3 is 4.90 Å². The van der Waals surface area contributed by atoms with Gasteiger partial charge in [0.2, 0.25) is 10.0 Å². The van der Waals surface area contributed by atoms with E-state index in [4.69, 9.17) is 4.99 Å². The highest BCUT2D eigenvalue weighted by Gasteiger charge is 2.25. The van der Waals surface area contributed by atoms with Crippen LogP contribution < -0.4 is 4.90 Å². The Morgan fingerprint density at radius 3 is 2.52 bits per heavy atom. The summed E-state index contributed by atoms with van der Waals surface area (Å²) < 4.78 is 25.0. The van der Waals surface area contributed by atoms with E-state index in [2.05, 4.69) is 53.0 Å². The molecule has 2 aliphatic rings. The first kappa shape index (κ1) is 19.7. The molecular formula is C21H25N5O2S. The predicted octanol–water partition coefficient (Wildman–Crippen LogP) is 2.33. The van der Waals surface area contributed by atoms with Crippen LogP contribution in [0.1, 0.15) is 36.2 Å². The molecule has 2 aromatic rings. The fourth-order valence-electron chi connectivity index (χ4n) is 3.74. The summed E-state index contributed by atoms with van der Waals surface area (Å²) in [5.41, 5.74) is 6.42. The number of benzene rings is 1. The lowest BCUT2D eigenvalue weighted by molar-refractivity contribution is 0.387. The minimum Gasteiger partial charge on any atom is -0.354 e. The van der Waals surface area contributed by atoms with Gasteiger partial charge >= 0.3 is 0 Å². The Morgan fingerprint density at radius 1 is 1.07 bits per heavy atom. The number of nitrogens with zero attached hydrogens (tertiary/aromatic N) is 5. The molecule has 4 rings (SSSR count). The molecule has 0 saturated carbocycles. The van der Waals surface area contributed by atoms with Crippen molar-refractivity contribution in [1.29, 1.82) is 0 Å². The number of rotatable bonds is 4. The van der Waals surface area contributed by atoms with Crippen LogP contribution in [0.2, 0.25) is 0 Å². The predicted molar refractivity (Wildman–Crippen MR) is 116 cm³/mol. The Labute approximate surface area is 171 Å². The second kappa shape index (κ2) is 7.68. The van der Waals surface area contributed by atoms with E-state index < -0.39 is 10.0 Å². The summed E-state index contributed by atoms with van der Waals surface area (Å²) in [5, 5.41) is 0. The van der Waals surface area contributed by atoms with Crippen LogP contribution in [0.25, 0.3) is 6.08 Å². The first-order valence-electron chi connectivity index (χ1n) is 9.66. The summed E-state index contributed by atoms with van der Waals surface area (Å²) in [6.45, 7) is 6.98. The zero-order chi connectivity index (χ0) is 20.6. The molecule has 3 heterocycles. The van der Waals surface area contributed by atoms with Crippen LogP contribution in [0.5, 0.6) is 0 Å². The first-order chi connectivity index (χ1) is 13.8. The summed E-state index contributed by atoms with van der Waals surface area (Å²) in [6, 6.07) is 8.38. The summed E-state index contributed by atoms with van der Waals surface area (Å²) in [5.74, 6) is 0.805. The molecule has 0 amide bonds. The van der Waals surface area contributed by atoms with Crippen molar-refractivity contribution in [2.45, 2.75) is 20.4 Å². The molecule has 0 spiro atoms. The smallest absolute Gasteiger partial charge is 0.211 e. The fourth-order valence-corrected chi connectivity index (χ4v) is 4.57. The van der Waals surface area contributed by atoms with Crippen LogP contribution >= 0.6 is 0 Å². The van der Waals surface area contributed by atoms with Gasteiger partial charge in [0.05, 0.1) is 24.2 Å². The van der Waals surface area contributed by atoms with Gasteiger partial charge in [-0.1, -0.05) is 23.8 Å². The van der Waals surface area contributed by atoms with E-state index in [1.165, 1.54) is 21.7 Å². The van der Waals surface area contributed by atoms with E-state index in [0.717, 1.165) is 28.4 Å². The quantitative estimate of drug-likeness (QED) is 0.772. The normalized spacial score (nSPS) is 17.1. The summed E-state index contributed by atoms with van der Waals surface area (Å²) in [7, 11) is -3.15. The minimum atomic E-state index is -3.15. The van der Waals surface area contributed by atoms with E-state index >= 15 is 0 Å². The molecular weight excluding hydrogens is 386 g/mol. The molecule has 0 aliphatic carbocycles. The molecule has 0 N–H and O–H groups in total.